The van der Waals surface area contributed by atoms with Crippen LogP contribution in [0.3, 0.4) is 0 Å². The predicted octanol–water partition coefficient (Wildman–Crippen LogP) is 2.81. The highest BCUT2D eigenvalue weighted by Crippen LogP contribution is 2.34. The average Bonchev–Trinajstić information content (AvgIpc) is 3.15. The van der Waals surface area contributed by atoms with Crippen LogP contribution < -0.4 is 10.6 Å². The lowest BCUT2D eigenvalue weighted by Gasteiger charge is -2.30. The van der Waals surface area contributed by atoms with E-state index in [1.165, 1.54) is 6.92 Å². The van der Waals surface area contributed by atoms with Gasteiger partial charge in [-0.25, -0.2) is 8.42 Å². The van der Waals surface area contributed by atoms with Crippen LogP contribution in [-0.4, -0.2) is 42.7 Å². The van der Waals surface area contributed by atoms with E-state index in [1.807, 2.05) is 18.2 Å². The number of aryl methyl sites for hydroxylation is 1. The van der Waals surface area contributed by atoms with E-state index in [1.54, 1.807) is 12.1 Å². The summed E-state index contributed by atoms with van der Waals surface area (Å²) in [4.78, 5) is 28.5. The molecule has 10 heteroatoms. The lowest BCUT2D eigenvalue weighted by molar-refractivity contribution is -0.122. The molecule has 0 bridgehead atoms. The Labute approximate surface area is 201 Å². The van der Waals surface area contributed by atoms with Gasteiger partial charge in [0.05, 0.1) is 11.5 Å². The van der Waals surface area contributed by atoms with Crippen LogP contribution in [0, 0.1) is 0 Å². The zero-order valence-corrected chi connectivity index (χ0v) is 20.5. The van der Waals surface area contributed by atoms with Crippen LogP contribution in [-0.2, 0) is 37.1 Å². The summed E-state index contributed by atoms with van der Waals surface area (Å²) in [5.74, 6) is 0.514. The van der Waals surface area contributed by atoms with Crippen molar-refractivity contribution in [2.24, 2.45) is 0 Å². The average molecular weight is 491 g/mol. The zero-order chi connectivity index (χ0) is 24.4. The highest BCUT2D eigenvalue weighted by atomic mass is 32.2. The Hall–Kier alpha value is -2.75. The molecule has 0 radical (unpaired) electrons. The van der Waals surface area contributed by atoms with Crippen LogP contribution in [0.5, 0.6) is 0 Å². The minimum absolute atomic E-state index is 0.00125. The van der Waals surface area contributed by atoms with Crippen LogP contribution >= 0.6 is 0 Å². The van der Waals surface area contributed by atoms with E-state index in [2.05, 4.69) is 20.8 Å². The number of carbonyl (C=O) groups excluding carboxylic acids is 2. The van der Waals surface area contributed by atoms with Gasteiger partial charge in [-0.05, 0) is 24.8 Å². The van der Waals surface area contributed by atoms with E-state index in [0.717, 1.165) is 44.1 Å². The smallest absolute Gasteiger partial charge is 0.227 e. The molecule has 1 fully saturated rings. The van der Waals surface area contributed by atoms with E-state index in [-0.39, 0.29) is 42.7 Å². The maximum absolute atomic E-state index is 12.2. The molecule has 1 aromatic heterocycles. The summed E-state index contributed by atoms with van der Waals surface area (Å²) < 4.78 is 29.8. The second kappa shape index (κ2) is 12.1. The Morgan fingerprint density at radius 2 is 1.79 bits per heavy atom. The monoisotopic (exact) mass is 490 g/mol. The molecule has 1 heterocycles. The van der Waals surface area contributed by atoms with Crippen LogP contribution in [0.15, 0.2) is 34.9 Å². The van der Waals surface area contributed by atoms with Crippen molar-refractivity contribution in [3.8, 4) is 0 Å². The molecule has 2 aromatic rings. The first-order valence-electron chi connectivity index (χ1n) is 11.9. The summed E-state index contributed by atoms with van der Waals surface area (Å²) in [6.45, 7) is 1.78. The van der Waals surface area contributed by atoms with Gasteiger partial charge in [-0.3, -0.25) is 9.59 Å². The molecule has 0 unspecified atom stereocenters. The van der Waals surface area contributed by atoms with Crippen molar-refractivity contribution in [1.82, 2.24) is 20.8 Å². The molecule has 0 saturated heterocycles. The predicted molar refractivity (Wildman–Crippen MR) is 127 cm³/mol. The maximum Gasteiger partial charge on any atom is 0.227 e. The Bertz CT molecular complexity index is 1040. The molecule has 2 N–H and O–H groups in total. The van der Waals surface area contributed by atoms with Gasteiger partial charge in [0, 0.05) is 26.3 Å². The lowest BCUT2D eigenvalue weighted by atomic mass is 9.89. The molecular formula is C24H34N4O5S. The minimum Gasteiger partial charge on any atom is -0.356 e. The van der Waals surface area contributed by atoms with Crippen molar-refractivity contribution < 1.29 is 22.5 Å². The second-order valence-electron chi connectivity index (χ2n) is 8.97. The van der Waals surface area contributed by atoms with E-state index >= 15 is 0 Å². The molecule has 0 spiro atoms. The highest BCUT2D eigenvalue weighted by Gasteiger charge is 2.38. The largest absolute Gasteiger partial charge is 0.356 e. The fourth-order valence-corrected chi connectivity index (χ4v) is 5.78. The molecule has 0 aliphatic heterocycles. The third-order valence-electron chi connectivity index (χ3n) is 6.02. The molecule has 34 heavy (non-hydrogen) atoms. The van der Waals surface area contributed by atoms with Crippen LogP contribution in [0.4, 0.5) is 0 Å². The van der Waals surface area contributed by atoms with Gasteiger partial charge in [-0.1, -0.05) is 61.2 Å². The van der Waals surface area contributed by atoms with Gasteiger partial charge in [0.1, 0.15) is 5.54 Å². The van der Waals surface area contributed by atoms with Crippen molar-refractivity contribution in [3.63, 3.8) is 0 Å². The standard InChI is InChI=1S/C24H34N4O5S/c1-19(29)27-24(14-7-2-3-8-15-24)23-26-22(33-28-23)13-12-21(30)25-16-9-17-34(31,32)18-20-10-5-4-6-11-20/h4-6,10-11H,2-3,7-9,12-18H2,1H3,(H,25,30)(H,27,29). The SMILES string of the molecule is CC(=O)NC1(c2noc(CCC(=O)NCCCS(=O)(=O)Cc3ccccc3)n2)CCCCCC1. The number of aromatic nitrogens is 2. The number of rotatable bonds is 11. The Kier molecular flexibility index (Phi) is 9.20. The molecule has 3 rings (SSSR count). The van der Waals surface area contributed by atoms with Crippen molar-refractivity contribution in [3.05, 3.63) is 47.6 Å². The number of hydrogen-bond donors (Lipinski definition) is 2. The van der Waals surface area contributed by atoms with Crippen molar-refractivity contribution in [2.45, 2.75) is 76.0 Å². The van der Waals surface area contributed by atoms with Crippen LogP contribution in [0.2, 0.25) is 0 Å². The Morgan fingerprint density at radius 1 is 1.09 bits per heavy atom. The van der Waals surface area contributed by atoms with Gasteiger partial charge in [-0.15, -0.1) is 0 Å². The minimum atomic E-state index is -3.23. The van der Waals surface area contributed by atoms with Gasteiger partial charge in [-0.2, -0.15) is 4.98 Å². The number of benzene rings is 1. The van der Waals surface area contributed by atoms with E-state index in [9.17, 15) is 18.0 Å². The van der Waals surface area contributed by atoms with Gasteiger partial charge < -0.3 is 15.2 Å². The van der Waals surface area contributed by atoms with Gasteiger partial charge in [0.25, 0.3) is 0 Å². The first-order chi connectivity index (χ1) is 16.3. The number of sulfone groups is 1. The number of carbonyl (C=O) groups is 2. The van der Waals surface area contributed by atoms with E-state index in [0.29, 0.717) is 18.1 Å². The van der Waals surface area contributed by atoms with E-state index in [4.69, 9.17) is 4.52 Å². The van der Waals surface area contributed by atoms with Crippen molar-refractivity contribution >= 4 is 21.7 Å². The molecule has 1 aromatic carbocycles. The molecule has 9 nitrogen and oxygen atoms in total. The summed E-state index contributed by atoms with van der Waals surface area (Å²) in [5.41, 5.74) is 0.145. The molecule has 1 aliphatic rings. The Balaban J connectivity index is 1.43. The van der Waals surface area contributed by atoms with E-state index < -0.39 is 15.4 Å². The zero-order valence-electron chi connectivity index (χ0n) is 19.7. The number of amides is 2. The fraction of sp³-hybridized carbons (Fsp3) is 0.583. The third-order valence-corrected chi connectivity index (χ3v) is 7.70. The van der Waals surface area contributed by atoms with Crippen molar-refractivity contribution in [2.75, 3.05) is 12.3 Å². The van der Waals surface area contributed by atoms with Crippen LogP contribution in [0.25, 0.3) is 0 Å². The lowest BCUT2D eigenvalue weighted by Crippen LogP contribution is -2.45. The first-order valence-corrected chi connectivity index (χ1v) is 13.7. The molecule has 0 atom stereocenters. The second-order valence-corrected chi connectivity index (χ2v) is 11.2. The first kappa shape index (κ1) is 25.9. The molecule has 2 amide bonds. The Morgan fingerprint density at radius 3 is 2.47 bits per heavy atom. The van der Waals surface area contributed by atoms with Gasteiger partial charge in [0.2, 0.25) is 17.7 Å². The fourth-order valence-electron chi connectivity index (χ4n) is 4.35. The summed E-state index contributed by atoms with van der Waals surface area (Å²) in [6.07, 6.45) is 6.50. The van der Waals surface area contributed by atoms with Gasteiger partial charge >= 0.3 is 0 Å². The summed E-state index contributed by atoms with van der Waals surface area (Å²) in [6, 6.07) is 9.05. The quantitative estimate of drug-likeness (QED) is 0.366. The number of nitrogens with zero attached hydrogens (tertiary/aromatic N) is 2. The summed E-state index contributed by atoms with van der Waals surface area (Å²) in [5, 5.41) is 9.91. The van der Waals surface area contributed by atoms with Gasteiger partial charge in [0.15, 0.2) is 15.7 Å². The molecule has 1 aliphatic carbocycles. The summed E-state index contributed by atoms with van der Waals surface area (Å²) >= 11 is 0. The summed E-state index contributed by atoms with van der Waals surface area (Å²) in [7, 11) is -3.23. The molecular weight excluding hydrogens is 456 g/mol. The molecule has 1 saturated carbocycles. The van der Waals surface area contributed by atoms with Crippen LogP contribution in [0.1, 0.15) is 75.6 Å². The normalized spacial score (nSPS) is 15.9. The maximum atomic E-state index is 12.2. The highest BCUT2D eigenvalue weighted by molar-refractivity contribution is 7.90. The number of nitrogens with one attached hydrogen (secondary N) is 2. The number of hydrogen-bond acceptors (Lipinski definition) is 7. The third kappa shape index (κ3) is 7.93. The molecule has 186 valence electrons. The van der Waals surface area contributed by atoms with Crippen molar-refractivity contribution in [1.29, 1.82) is 0 Å². The topological polar surface area (TPSA) is 131 Å².